The topological polar surface area (TPSA) is 24.5 Å². The van der Waals surface area contributed by atoms with Crippen molar-refractivity contribution in [3.05, 3.63) is 65.0 Å². The third kappa shape index (κ3) is 6.40. The van der Waals surface area contributed by atoms with E-state index in [4.69, 9.17) is 0 Å². The third-order valence-corrected chi connectivity index (χ3v) is 4.26. The van der Waals surface area contributed by atoms with Crippen LogP contribution in [0.25, 0.3) is 0 Å². The molecule has 0 amide bonds. The standard InChI is InChI=1S/C18H16F6N2O.2ClH/c19-12-9-14(20)16(15(21)10-12)17(26-7-5-25-6-8-26)11-1-3-13(4-2-11)27-18(22,23)24;;/h1-4,9-10,17,25H,5-8H2;2*1H/t17-;;/m1../s1. The van der Waals surface area contributed by atoms with Gasteiger partial charge in [-0.15, -0.1) is 38.0 Å². The minimum atomic E-state index is -4.84. The lowest BCUT2D eigenvalue weighted by Crippen LogP contribution is -2.45. The van der Waals surface area contributed by atoms with E-state index in [0.717, 1.165) is 12.1 Å². The molecule has 2 aromatic carbocycles. The molecule has 0 aromatic heterocycles. The maximum atomic E-state index is 14.4. The highest BCUT2D eigenvalue weighted by Gasteiger charge is 2.32. The van der Waals surface area contributed by atoms with Gasteiger partial charge in [0.15, 0.2) is 0 Å². The van der Waals surface area contributed by atoms with Gasteiger partial charge in [-0.2, -0.15) is 0 Å². The van der Waals surface area contributed by atoms with E-state index in [0.29, 0.717) is 43.9 Å². The number of nitrogens with one attached hydrogen (secondary N) is 1. The second-order valence-corrected chi connectivity index (χ2v) is 6.09. The van der Waals surface area contributed by atoms with Crippen LogP contribution in [0.5, 0.6) is 5.75 Å². The fourth-order valence-electron chi connectivity index (χ4n) is 3.17. The van der Waals surface area contributed by atoms with Gasteiger partial charge in [-0.05, 0) is 17.7 Å². The summed E-state index contributed by atoms with van der Waals surface area (Å²) in [4.78, 5) is 1.79. The van der Waals surface area contributed by atoms with Crippen molar-refractivity contribution in [1.29, 1.82) is 0 Å². The Balaban J connectivity index is 0.00000210. The molecule has 1 fully saturated rings. The Morgan fingerprint density at radius 1 is 0.897 bits per heavy atom. The smallest absolute Gasteiger partial charge is 0.406 e. The molecular weight excluding hydrogens is 445 g/mol. The Morgan fingerprint density at radius 3 is 1.90 bits per heavy atom. The van der Waals surface area contributed by atoms with E-state index >= 15 is 0 Å². The molecule has 162 valence electrons. The molecule has 1 N–H and O–H groups in total. The highest BCUT2D eigenvalue weighted by molar-refractivity contribution is 5.85. The van der Waals surface area contributed by atoms with Gasteiger partial charge < -0.3 is 10.1 Å². The molecule has 0 radical (unpaired) electrons. The summed E-state index contributed by atoms with van der Waals surface area (Å²) in [6, 6.07) is 5.07. The van der Waals surface area contributed by atoms with Crippen molar-refractivity contribution < 1.29 is 31.1 Å². The summed E-state index contributed by atoms with van der Waals surface area (Å²) in [6.45, 7) is 2.08. The number of nitrogens with zero attached hydrogens (tertiary/aromatic N) is 1. The summed E-state index contributed by atoms with van der Waals surface area (Å²) in [6.07, 6.45) is -4.84. The SMILES string of the molecule is Cl.Cl.Fc1cc(F)c([C@@H](c2ccc(OC(F)(F)F)cc2)N2CCNCC2)c(F)c1. The summed E-state index contributed by atoms with van der Waals surface area (Å²) in [5.41, 5.74) is 0.0265. The predicted molar refractivity (Wildman–Crippen MR) is 100 cm³/mol. The first-order chi connectivity index (χ1) is 12.7. The summed E-state index contributed by atoms with van der Waals surface area (Å²) < 4.78 is 82.9. The summed E-state index contributed by atoms with van der Waals surface area (Å²) >= 11 is 0. The Kier molecular flexibility index (Phi) is 9.08. The molecule has 1 saturated heterocycles. The summed E-state index contributed by atoms with van der Waals surface area (Å²) in [5, 5.41) is 3.11. The largest absolute Gasteiger partial charge is 0.573 e. The van der Waals surface area contributed by atoms with Crippen molar-refractivity contribution in [3.63, 3.8) is 0 Å². The second-order valence-electron chi connectivity index (χ2n) is 6.09. The van der Waals surface area contributed by atoms with E-state index in [1.807, 2.05) is 0 Å². The van der Waals surface area contributed by atoms with E-state index in [1.165, 1.54) is 12.1 Å². The van der Waals surface area contributed by atoms with Crippen molar-refractivity contribution in [2.24, 2.45) is 0 Å². The Bertz CT molecular complexity index is 775. The van der Waals surface area contributed by atoms with E-state index in [2.05, 4.69) is 10.1 Å². The molecular formula is C18H18Cl2F6N2O. The first-order valence-electron chi connectivity index (χ1n) is 8.19. The average molecular weight is 463 g/mol. The second kappa shape index (κ2) is 10.4. The normalized spacial score (nSPS) is 15.8. The van der Waals surface area contributed by atoms with Crippen LogP contribution in [0.4, 0.5) is 26.3 Å². The number of alkyl halides is 3. The lowest BCUT2D eigenvalue weighted by atomic mass is 9.95. The van der Waals surface area contributed by atoms with Gasteiger partial charge in [0, 0.05) is 43.9 Å². The fraction of sp³-hybridized carbons (Fsp3) is 0.333. The molecule has 0 spiro atoms. The predicted octanol–water partition coefficient (Wildman–Crippen LogP) is 4.84. The minimum Gasteiger partial charge on any atom is -0.406 e. The zero-order valence-corrected chi connectivity index (χ0v) is 16.4. The number of hydrogen-bond donors (Lipinski definition) is 1. The van der Waals surface area contributed by atoms with Crippen molar-refractivity contribution in [2.75, 3.05) is 26.2 Å². The highest BCUT2D eigenvalue weighted by Crippen LogP contribution is 2.34. The van der Waals surface area contributed by atoms with Gasteiger partial charge >= 0.3 is 6.36 Å². The number of ether oxygens (including phenoxy) is 1. The van der Waals surface area contributed by atoms with Gasteiger partial charge in [-0.1, -0.05) is 12.1 Å². The monoisotopic (exact) mass is 462 g/mol. The van der Waals surface area contributed by atoms with E-state index in [9.17, 15) is 26.3 Å². The number of rotatable bonds is 4. The first kappa shape index (κ1) is 25.4. The van der Waals surface area contributed by atoms with Crippen molar-refractivity contribution in [1.82, 2.24) is 10.2 Å². The number of hydrogen-bond acceptors (Lipinski definition) is 3. The Hall–Kier alpha value is -1.68. The van der Waals surface area contributed by atoms with Crippen molar-refractivity contribution in [2.45, 2.75) is 12.4 Å². The van der Waals surface area contributed by atoms with Crippen LogP contribution in [0, 0.1) is 17.5 Å². The van der Waals surface area contributed by atoms with E-state index < -0.39 is 35.6 Å². The van der Waals surface area contributed by atoms with E-state index in [1.54, 1.807) is 4.90 Å². The quantitative estimate of drug-likeness (QED) is 0.657. The zero-order chi connectivity index (χ0) is 19.6. The molecule has 3 nitrogen and oxygen atoms in total. The molecule has 1 heterocycles. The van der Waals surface area contributed by atoms with Gasteiger partial charge in [0.05, 0.1) is 6.04 Å². The van der Waals surface area contributed by atoms with Crippen LogP contribution >= 0.6 is 24.8 Å². The fourth-order valence-corrected chi connectivity index (χ4v) is 3.17. The van der Waals surface area contributed by atoms with Crippen LogP contribution < -0.4 is 10.1 Å². The molecule has 11 heteroatoms. The minimum absolute atomic E-state index is 0. The van der Waals surface area contributed by atoms with Gasteiger partial charge in [-0.3, -0.25) is 4.90 Å². The highest BCUT2D eigenvalue weighted by atomic mass is 35.5. The molecule has 2 aromatic rings. The Morgan fingerprint density at radius 2 is 1.41 bits per heavy atom. The zero-order valence-electron chi connectivity index (χ0n) is 14.8. The number of benzene rings is 2. The van der Waals surface area contributed by atoms with Gasteiger partial charge in [0.2, 0.25) is 0 Å². The molecule has 0 aliphatic carbocycles. The third-order valence-electron chi connectivity index (χ3n) is 4.26. The lowest BCUT2D eigenvalue weighted by Gasteiger charge is -2.35. The maximum absolute atomic E-state index is 14.4. The van der Waals surface area contributed by atoms with Crippen molar-refractivity contribution >= 4 is 24.8 Å². The summed E-state index contributed by atoms with van der Waals surface area (Å²) in [5.74, 6) is -3.58. The van der Waals surface area contributed by atoms with Crippen LogP contribution in [0.1, 0.15) is 17.2 Å². The van der Waals surface area contributed by atoms with Gasteiger partial charge in [0.1, 0.15) is 23.2 Å². The molecule has 29 heavy (non-hydrogen) atoms. The molecule has 0 saturated carbocycles. The van der Waals surface area contributed by atoms with Crippen molar-refractivity contribution in [3.8, 4) is 5.75 Å². The number of halogens is 8. The van der Waals surface area contributed by atoms with Crippen LogP contribution in [0.3, 0.4) is 0 Å². The van der Waals surface area contributed by atoms with Crippen LogP contribution in [-0.4, -0.2) is 37.4 Å². The number of piperazine rings is 1. The van der Waals surface area contributed by atoms with Gasteiger partial charge in [0.25, 0.3) is 0 Å². The van der Waals surface area contributed by atoms with Crippen LogP contribution in [0.15, 0.2) is 36.4 Å². The van der Waals surface area contributed by atoms with Crippen LogP contribution in [0.2, 0.25) is 0 Å². The first-order valence-corrected chi connectivity index (χ1v) is 8.19. The summed E-state index contributed by atoms with van der Waals surface area (Å²) in [7, 11) is 0. The molecule has 0 unspecified atom stereocenters. The van der Waals surface area contributed by atoms with E-state index in [-0.39, 0.29) is 30.4 Å². The maximum Gasteiger partial charge on any atom is 0.573 e. The molecule has 1 atom stereocenters. The molecule has 0 bridgehead atoms. The van der Waals surface area contributed by atoms with Gasteiger partial charge in [-0.25, -0.2) is 13.2 Å². The average Bonchev–Trinajstić information content (AvgIpc) is 2.58. The Labute approximate surface area is 175 Å². The lowest BCUT2D eigenvalue weighted by molar-refractivity contribution is -0.274. The molecule has 3 rings (SSSR count). The molecule has 1 aliphatic rings. The molecule has 1 aliphatic heterocycles. The van der Waals surface area contributed by atoms with Crippen LogP contribution in [-0.2, 0) is 0 Å².